The normalized spacial score (nSPS) is 18.5. The van der Waals surface area contributed by atoms with Crippen LogP contribution in [0.25, 0.3) is 0 Å². The smallest absolute Gasteiger partial charge is 0.288 e. The van der Waals surface area contributed by atoms with E-state index >= 15 is 0 Å². The Morgan fingerprint density at radius 1 is 1.37 bits per heavy atom. The Kier molecular flexibility index (Phi) is 5.83. The number of amidine groups is 1. The van der Waals surface area contributed by atoms with Gasteiger partial charge in [0, 0.05) is 16.3 Å². The van der Waals surface area contributed by atoms with E-state index in [1.54, 1.807) is 6.92 Å². The predicted octanol–water partition coefficient (Wildman–Crippen LogP) is 3.32. The van der Waals surface area contributed by atoms with Crippen molar-refractivity contribution in [2.45, 2.75) is 18.9 Å². The number of nitrogen functional groups attached to an aromatic ring is 1. The van der Waals surface area contributed by atoms with Crippen LogP contribution in [0.1, 0.15) is 35.1 Å². The Morgan fingerprint density at radius 3 is 2.73 bits per heavy atom. The average Bonchev–Trinajstić information content (AvgIpc) is 2.68. The minimum atomic E-state index is -2.87. The molecule has 2 aromatic rings. The van der Waals surface area contributed by atoms with Gasteiger partial charge >= 0.3 is 0 Å². The second-order valence-corrected chi connectivity index (χ2v) is 6.83. The first-order valence-electron chi connectivity index (χ1n) is 8.45. The number of nitrogens with two attached hydrogens (primary N) is 2. The van der Waals surface area contributed by atoms with Gasteiger partial charge in [-0.3, -0.25) is 4.79 Å². The number of carbonyl (C=O) groups excluding carboxylic acids is 1. The quantitative estimate of drug-likeness (QED) is 0.654. The van der Waals surface area contributed by atoms with Crippen LogP contribution < -0.4 is 16.8 Å². The number of hydrogen-bond acceptors (Lipinski definition) is 7. The number of hydrogen-bond donors (Lipinski definition) is 3. The maximum atomic E-state index is 13.1. The highest BCUT2D eigenvalue weighted by atomic mass is 35.5. The van der Waals surface area contributed by atoms with E-state index in [2.05, 4.69) is 20.3 Å². The highest BCUT2D eigenvalue weighted by Gasteiger charge is 2.32. The van der Waals surface area contributed by atoms with Crippen molar-refractivity contribution in [3.8, 4) is 0 Å². The molecular formula is C18H16ClF3N6O2. The third-order valence-electron chi connectivity index (χ3n) is 4.18. The summed E-state index contributed by atoms with van der Waals surface area (Å²) in [5, 5.41) is 2.82. The zero-order chi connectivity index (χ0) is 22.1. The SMILES string of the molecule is C[C@@]1(c2cc(NC(=O)c3ncc(C(F)F)nc3N)ccc2Cl)C=C(CF)OC(N)=N1. The topological polar surface area (TPSA) is 129 Å². The van der Waals surface area contributed by atoms with Gasteiger partial charge in [-0.05, 0) is 31.2 Å². The van der Waals surface area contributed by atoms with E-state index in [9.17, 15) is 18.0 Å². The Bertz CT molecular complexity index is 1060. The van der Waals surface area contributed by atoms with Crippen LogP contribution in [-0.4, -0.2) is 28.6 Å². The lowest BCUT2D eigenvalue weighted by Gasteiger charge is -2.28. The van der Waals surface area contributed by atoms with E-state index in [-0.39, 0.29) is 28.2 Å². The van der Waals surface area contributed by atoms with E-state index in [1.165, 1.54) is 24.3 Å². The molecule has 1 amide bonds. The van der Waals surface area contributed by atoms with Crippen molar-refractivity contribution in [1.82, 2.24) is 9.97 Å². The summed E-state index contributed by atoms with van der Waals surface area (Å²) in [5.74, 6) is -1.24. The molecule has 1 aromatic heterocycles. The molecule has 12 heteroatoms. The number of allylic oxidation sites excluding steroid dienone is 1. The van der Waals surface area contributed by atoms with Gasteiger partial charge in [0.05, 0.1) is 6.20 Å². The average molecular weight is 441 g/mol. The van der Waals surface area contributed by atoms with Crippen LogP contribution in [0.4, 0.5) is 24.7 Å². The molecule has 0 bridgehead atoms. The monoisotopic (exact) mass is 440 g/mol. The number of ether oxygens (including phenoxy) is 1. The first kappa shape index (κ1) is 21.4. The fourth-order valence-corrected chi connectivity index (χ4v) is 3.15. The minimum Gasteiger partial charge on any atom is -0.428 e. The summed E-state index contributed by atoms with van der Waals surface area (Å²) in [6.07, 6.45) is -0.679. The van der Waals surface area contributed by atoms with Crippen LogP contribution in [0.15, 0.2) is 41.2 Å². The number of anilines is 2. The lowest BCUT2D eigenvalue weighted by Crippen LogP contribution is -2.30. The number of benzene rings is 1. The van der Waals surface area contributed by atoms with Crippen molar-refractivity contribution < 1.29 is 22.7 Å². The highest BCUT2D eigenvalue weighted by Crippen LogP contribution is 2.37. The van der Waals surface area contributed by atoms with Crippen LogP contribution in [-0.2, 0) is 10.3 Å². The van der Waals surface area contributed by atoms with Crippen molar-refractivity contribution in [2.24, 2.45) is 10.7 Å². The van der Waals surface area contributed by atoms with Gasteiger partial charge in [-0.15, -0.1) is 0 Å². The maximum absolute atomic E-state index is 13.1. The lowest BCUT2D eigenvalue weighted by molar-refractivity contribution is 0.102. The molecule has 30 heavy (non-hydrogen) atoms. The summed E-state index contributed by atoms with van der Waals surface area (Å²) < 4.78 is 43.5. The molecule has 1 aromatic carbocycles. The third-order valence-corrected chi connectivity index (χ3v) is 4.51. The van der Waals surface area contributed by atoms with Crippen molar-refractivity contribution in [3.05, 3.63) is 58.2 Å². The van der Waals surface area contributed by atoms with Crippen LogP contribution >= 0.6 is 11.6 Å². The van der Waals surface area contributed by atoms with E-state index in [0.717, 1.165) is 6.20 Å². The molecule has 1 aliphatic heterocycles. The molecule has 1 atom stereocenters. The number of nitrogens with zero attached hydrogens (tertiary/aromatic N) is 3. The summed E-state index contributed by atoms with van der Waals surface area (Å²) in [5.41, 5.74) is 9.77. The molecule has 3 rings (SSSR count). The molecule has 5 N–H and O–H groups in total. The zero-order valence-corrected chi connectivity index (χ0v) is 16.3. The number of nitrogens with one attached hydrogen (secondary N) is 1. The fourth-order valence-electron chi connectivity index (χ4n) is 2.84. The molecule has 0 spiro atoms. The van der Waals surface area contributed by atoms with Crippen LogP contribution in [0.3, 0.4) is 0 Å². The van der Waals surface area contributed by atoms with Gasteiger partial charge in [0.1, 0.15) is 23.7 Å². The fraction of sp³-hybridized carbons (Fsp3) is 0.222. The van der Waals surface area contributed by atoms with Crippen LogP contribution in [0, 0.1) is 0 Å². The summed E-state index contributed by atoms with van der Waals surface area (Å²) in [6, 6.07) is 4.26. The molecule has 0 radical (unpaired) electrons. The molecule has 0 saturated carbocycles. The standard InChI is InChI=1S/C18H16ClF3N6O2/c1-18(5-9(6-20)30-17(24)28-18)10-4-8(2-3-11(10)19)26-16(29)13-15(23)27-12(7-25-13)14(21)22/h2-5,7,14H,6H2,1H3,(H2,23,27)(H2,24,28)(H,26,29)/t18-/m0/s1. The van der Waals surface area contributed by atoms with Gasteiger partial charge < -0.3 is 21.5 Å². The molecular weight excluding hydrogens is 425 g/mol. The maximum Gasteiger partial charge on any atom is 0.288 e. The van der Waals surface area contributed by atoms with Crippen molar-refractivity contribution >= 4 is 35.0 Å². The number of aliphatic imine (C=N–C) groups is 1. The van der Waals surface area contributed by atoms with Gasteiger partial charge in [0.2, 0.25) is 0 Å². The largest absolute Gasteiger partial charge is 0.428 e. The van der Waals surface area contributed by atoms with E-state index in [1.807, 2.05) is 0 Å². The second kappa shape index (κ2) is 8.19. The highest BCUT2D eigenvalue weighted by molar-refractivity contribution is 6.31. The first-order chi connectivity index (χ1) is 14.1. The van der Waals surface area contributed by atoms with Gasteiger partial charge in [-0.1, -0.05) is 11.6 Å². The van der Waals surface area contributed by atoms with Gasteiger partial charge in [-0.2, -0.15) is 0 Å². The molecule has 0 fully saturated rings. The predicted molar refractivity (Wildman–Crippen MR) is 105 cm³/mol. The summed E-state index contributed by atoms with van der Waals surface area (Å²) in [6.45, 7) is 0.740. The summed E-state index contributed by atoms with van der Waals surface area (Å²) >= 11 is 6.28. The molecule has 1 aliphatic rings. The lowest BCUT2D eigenvalue weighted by atomic mass is 9.90. The van der Waals surface area contributed by atoms with Crippen molar-refractivity contribution in [2.75, 3.05) is 17.7 Å². The van der Waals surface area contributed by atoms with Crippen molar-refractivity contribution in [1.29, 1.82) is 0 Å². The van der Waals surface area contributed by atoms with Gasteiger partial charge in [-0.25, -0.2) is 28.1 Å². The Hall–Kier alpha value is -3.34. The van der Waals surface area contributed by atoms with Gasteiger partial charge in [0.15, 0.2) is 11.5 Å². The summed E-state index contributed by atoms with van der Waals surface area (Å²) in [4.78, 5) is 23.8. The first-order valence-corrected chi connectivity index (χ1v) is 8.83. The van der Waals surface area contributed by atoms with Crippen molar-refractivity contribution in [3.63, 3.8) is 0 Å². The molecule has 158 valence electrons. The number of carbonyl (C=O) groups is 1. The Balaban J connectivity index is 1.92. The molecule has 0 saturated heterocycles. The number of rotatable bonds is 5. The molecule has 0 unspecified atom stereocenters. The zero-order valence-electron chi connectivity index (χ0n) is 15.5. The molecule has 8 nitrogen and oxygen atoms in total. The minimum absolute atomic E-state index is 0.0299. The Labute approximate surface area is 173 Å². The Morgan fingerprint density at radius 2 is 2.10 bits per heavy atom. The van der Waals surface area contributed by atoms with Crippen LogP contribution in [0.5, 0.6) is 0 Å². The van der Waals surface area contributed by atoms with Gasteiger partial charge in [0.25, 0.3) is 18.4 Å². The molecule has 2 heterocycles. The van der Waals surface area contributed by atoms with Crippen LogP contribution in [0.2, 0.25) is 5.02 Å². The molecule has 0 aliphatic carbocycles. The van der Waals surface area contributed by atoms with E-state index in [0.29, 0.717) is 5.56 Å². The number of halogens is 4. The second-order valence-electron chi connectivity index (χ2n) is 6.42. The summed E-state index contributed by atoms with van der Waals surface area (Å²) in [7, 11) is 0. The van der Waals surface area contributed by atoms with E-state index in [4.69, 9.17) is 27.8 Å². The number of aromatic nitrogens is 2. The third kappa shape index (κ3) is 4.30. The van der Waals surface area contributed by atoms with E-state index < -0.39 is 36.1 Å². The number of alkyl halides is 3. The number of amides is 1.